The van der Waals surface area contributed by atoms with Gasteiger partial charge in [0.1, 0.15) is 0 Å². The fourth-order valence-corrected chi connectivity index (χ4v) is 2.55. The second kappa shape index (κ2) is 10.5. The minimum Gasteiger partial charge on any atom is -0.387 e. The Bertz CT molecular complexity index is 466. The van der Waals surface area contributed by atoms with E-state index in [0.29, 0.717) is 18.7 Å². The predicted octanol–water partition coefficient (Wildman–Crippen LogP) is 3.59. The van der Waals surface area contributed by atoms with Gasteiger partial charge in [-0.15, -0.1) is 0 Å². The van der Waals surface area contributed by atoms with Crippen LogP contribution in [0, 0.1) is 0 Å². The maximum absolute atomic E-state index is 10.8. The van der Waals surface area contributed by atoms with Crippen molar-refractivity contribution in [3.63, 3.8) is 0 Å². The summed E-state index contributed by atoms with van der Waals surface area (Å²) in [5, 5.41) is 20.8. The summed E-state index contributed by atoms with van der Waals surface area (Å²) < 4.78 is 0. The number of unbranched alkanes of at least 4 members (excludes halogenated alkanes) is 2. The van der Waals surface area contributed by atoms with Gasteiger partial charge in [0.2, 0.25) is 0 Å². The van der Waals surface area contributed by atoms with Crippen LogP contribution in [0.5, 0.6) is 0 Å². The zero-order valence-electron chi connectivity index (χ0n) is 14.5. The SMILES string of the molecule is CCCCC(O)(C=Cc1cccc([C@H](O)CCN)n1)CCCC. The minimum atomic E-state index is -0.764. The summed E-state index contributed by atoms with van der Waals surface area (Å²) in [4.78, 5) is 4.45. The van der Waals surface area contributed by atoms with Gasteiger partial charge >= 0.3 is 0 Å². The van der Waals surface area contributed by atoms with Crippen molar-refractivity contribution in [2.75, 3.05) is 6.54 Å². The first kappa shape index (κ1) is 19.8. The van der Waals surface area contributed by atoms with E-state index in [2.05, 4.69) is 18.8 Å². The molecule has 4 N–H and O–H groups in total. The lowest BCUT2D eigenvalue weighted by atomic mass is 9.90. The van der Waals surface area contributed by atoms with Crippen LogP contribution in [0.1, 0.15) is 76.3 Å². The van der Waals surface area contributed by atoms with E-state index in [0.717, 1.165) is 44.2 Å². The summed E-state index contributed by atoms with van der Waals surface area (Å²) in [6.07, 6.45) is 9.31. The summed E-state index contributed by atoms with van der Waals surface area (Å²) in [6, 6.07) is 5.56. The largest absolute Gasteiger partial charge is 0.387 e. The highest BCUT2D eigenvalue weighted by atomic mass is 16.3. The number of nitrogens with two attached hydrogens (primary N) is 1. The summed E-state index contributed by atoms with van der Waals surface area (Å²) >= 11 is 0. The molecule has 1 heterocycles. The van der Waals surface area contributed by atoms with E-state index in [9.17, 15) is 10.2 Å². The van der Waals surface area contributed by atoms with Crippen molar-refractivity contribution in [1.82, 2.24) is 4.98 Å². The van der Waals surface area contributed by atoms with Crippen molar-refractivity contribution >= 4 is 6.08 Å². The Balaban J connectivity index is 2.84. The van der Waals surface area contributed by atoms with E-state index in [1.54, 1.807) is 6.07 Å². The van der Waals surface area contributed by atoms with Crippen molar-refractivity contribution in [1.29, 1.82) is 0 Å². The lowest BCUT2D eigenvalue weighted by Crippen LogP contribution is -2.25. The highest BCUT2D eigenvalue weighted by Gasteiger charge is 2.21. The van der Waals surface area contributed by atoms with E-state index in [1.807, 2.05) is 24.3 Å². The van der Waals surface area contributed by atoms with Crippen molar-refractivity contribution in [3.8, 4) is 0 Å². The van der Waals surface area contributed by atoms with Crippen LogP contribution in [0.25, 0.3) is 6.08 Å². The lowest BCUT2D eigenvalue weighted by Gasteiger charge is -2.24. The molecule has 0 amide bonds. The van der Waals surface area contributed by atoms with Gasteiger partial charge in [-0.1, -0.05) is 51.7 Å². The first-order chi connectivity index (χ1) is 11.0. The normalized spacial score (nSPS) is 13.6. The maximum Gasteiger partial charge on any atom is 0.0972 e. The Labute approximate surface area is 140 Å². The topological polar surface area (TPSA) is 79.4 Å². The van der Waals surface area contributed by atoms with Crippen LogP contribution < -0.4 is 5.73 Å². The van der Waals surface area contributed by atoms with Gasteiger partial charge in [0, 0.05) is 0 Å². The van der Waals surface area contributed by atoms with Crippen molar-refractivity contribution in [2.24, 2.45) is 5.73 Å². The lowest BCUT2D eigenvalue weighted by molar-refractivity contribution is 0.0682. The summed E-state index contributed by atoms with van der Waals surface area (Å²) in [7, 11) is 0. The highest BCUT2D eigenvalue weighted by Crippen LogP contribution is 2.24. The van der Waals surface area contributed by atoms with Crippen molar-refractivity contribution in [3.05, 3.63) is 35.7 Å². The number of pyridine rings is 1. The Hall–Kier alpha value is -1.23. The van der Waals surface area contributed by atoms with Gasteiger partial charge in [-0.25, -0.2) is 0 Å². The van der Waals surface area contributed by atoms with Crippen LogP contribution >= 0.6 is 0 Å². The molecule has 23 heavy (non-hydrogen) atoms. The molecule has 0 aliphatic carbocycles. The molecule has 0 bridgehead atoms. The molecule has 0 saturated heterocycles. The molecule has 0 spiro atoms. The average Bonchev–Trinajstić information content (AvgIpc) is 2.57. The van der Waals surface area contributed by atoms with Crippen LogP contribution in [-0.2, 0) is 0 Å². The molecular formula is C19H32N2O2. The van der Waals surface area contributed by atoms with E-state index >= 15 is 0 Å². The predicted molar refractivity (Wildman–Crippen MR) is 95.9 cm³/mol. The molecule has 0 radical (unpaired) electrons. The third-order valence-corrected chi connectivity index (χ3v) is 4.06. The minimum absolute atomic E-state index is 0.427. The molecule has 0 unspecified atom stereocenters. The zero-order valence-corrected chi connectivity index (χ0v) is 14.5. The molecule has 1 atom stereocenters. The number of hydrogen-bond acceptors (Lipinski definition) is 4. The van der Waals surface area contributed by atoms with Crippen LogP contribution in [-0.4, -0.2) is 27.3 Å². The van der Waals surface area contributed by atoms with E-state index in [-0.39, 0.29) is 0 Å². The number of aliphatic hydroxyl groups excluding tert-OH is 1. The fourth-order valence-electron chi connectivity index (χ4n) is 2.55. The number of aromatic nitrogens is 1. The molecule has 0 saturated carbocycles. The summed E-state index contributed by atoms with van der Waals surface area (Å²) in [5.74, 6) is 0. The molecule has 4 heteroatoms. The smallest absolute Gasteiger partial charge is 0.0972 e. The number of aliphatic hydroxyl groups is 2. The Kier molecular flexibility index (Phi) is 9.07. The Morgan fingerprint density at radius 1 is 1.22 bits per heavy atom. The van der Waals surface area contributed by atoms with E-state index < -0.39 is 11.7 Å². The standard InChI is InChI=1S/C19H32N2O2/c1-3-5-12-19(23,13-6-4-2)14-10-16-8-7-9-17(21-16)18(22)11-15-20/h7-10,14,18,22-23H,3-6,11-13,15,20H2,1-2H3/t18-/m1/s1. The number of rotatable bonds is 11. The molecule has 0 aliphatic rings. The number of nitrogens with zero attached hydrogens (tertiary/aromatic N) is 1. The van der Waals surface area contributed by atoms with Gasteiger partial charge < -0.3 is 15.9 Å². The van der Waals surface area contributed by atoms with Crippen molar-refractivity contribution in [2.45, 2.75) is 70.5 Å². The van der Waals surface area contributed by atoms with Gasteiger partial charge in [-0.05, 0) is 44.0 Å². The molecule has 0 aromatic carbocycles. The van der Waals surface area contributed by atoms with Crippen LogP contribution in [0.4, 0.5) is 0 Å². The van der Waals surface area contributed by atoms with Gasteiger partial charge in [0.15, 0.2) is 0 Å². The Morgan fingerprint density at radius 3 is 2.43 bits per heavy atom. The van der Waals surface area contributed by atoms with Crippen LogP contribution in [0.2, 0.25) is 0 Å². The van der Waals surface area contributed by atoms with Gasteiger partial charge in [-0.3, -0.25) is 4.98 Å². The second-order valence-electron chi connectivity index (χ2n) is 6.22. The molecule has 1 aromatic rings. The molecule has 0 fully saturated rings. The van der Waals surface area contributed by atoms with E-state index in [1.165, 1.54) is 0 Å². The molecule has 4 nitrogen and oxygen atoms in total. The first-order valence-corrected chi connectivity index (χ1v) is 8.81. The number of hydrogen-bond donors (Lipinski definition) is 3. The van der Waals surface area contributed by atoms with Crippen LogP contribution in [0.15, 0.2) is 24.3 Å². The summed E-state index contributed by atoms with van der Waals surface area (Å²) in [5.41, 5.74) is 6.10. The third kappa shape index (κ3) is 7.25. The average molecular weight is 320 g/mol. The summed E-state index contributed by atoms with van der Waals surface area (Å²) in [6.45, 7) is 4.69. The van der Waals surface area contributed by atoms with Gasteiger partial charge in [-0.2, -0.15) is 0 Å². The van der Waals surface area contributed by atoms with Gasteiger partial charge in [0.25, 0.3) is 0 Å². The monoisotopic (exact) mass is 320 g/mol. The zero-order chi connectivity index (χ0) is 17.1. The van der Waals surface area contributed by atoms with E-state index in [4.69, 9.17) is 5.73 Å². The molecule has 1 aromatic heterocycles. The molecular weight excluding hydrogens is 288 g/mol. The molecule has 0 aliphatic heterocycles. The fraction of sp³-hybridized carbons (Fsp3) is 0.632. The second-order valence-corrected chi connectivity index (χ2v) is 6.22. The quantitative estimate of drug-likeness (QED) is 0.582. The maximum atomic E-state index is 10.8. The van der Waals surface area contributed by atoms with Crippen LogP contribution in [0.3, 0.4) is 0 Å². The molecule has 130 valence electrons. The van der Waals surface area contributed by atoms with Crippen molar-refractivity contribution < 1.29 is 10.2 Å². The first-order valence-electron chi connectivity index (χ1n) is 8.81. The third-order valence-electron chi connectivity index (χ3n) is 4.06. The van der Waals surface area contributed by atoms with Gasteiger partial charge in [0.05, 0.1) is 23.1 Å². The molecule has 1 rings (SSSR count). The highest BCUT2D eigenvalue weighted by molar-refractivity contribution is 5.46. The Morgan fingerprint density at radius 2 is 1.87 bits per heavy atom.